The molecule has 4 nitrogen and oxygen atoms in total. The van der Waals surface area contributed by atoms with Crippen LogP contribution < -0.4 is 0 Å². The average molecular weight is 759 g/mol. The van der Waals surface area contributed by atoms with Crippen molar-refractivity contribution in [2.45, 2.75) is 104 Å². The maximum Gasteiger partial charge on any atom is 0.165 e. The zero-order valence-corrected chi connectivity index (χ0v) is 35.8. The van der Waals surface area contributed by atoms with Crippen LogP contribution in [0.5, 0.6) is 0 Å². The number of hydrogen-bond donors (Lipinski definition) is 0. The Balaban J connectivity index is 1.09. The van der Waals surface area contributed by atoms with Crippen molar-refractivity contribution in [3.63, 3.8) is 0 Å². The normalized spacial score (nSPS) is 16.9. The van der Waals surface area contributed by atoms with E-state index in [1.165, 1.54) is 55.6 Å². The first-order valence-corrected chi connectivity index (χ1v) is 20.8. The first-order chi connectivity index (χ1) is 27.5. The van der Waals surface area contributed by atoms with E-state index in [1.807, 2.05) is 6.20 Å². The van der Waals surface area contributed by atoms with E-state index in [1.54, 1.807) is 0 Å². The summed E-state index contributed by atoms with van der Waals surface area (Å²) in [6, 6.07) is 42.0. The van der Waals surface area contributed by atoms with Crippen molar-refractivity contribution >= 4 is 0 Å². The van der Waals surface area contributed by atoms with Crippen LogP contribution in [0, 0.1) is 13.8 Å². The van der Waals surface area contributed by atoms with Crippen LogP contribution in [0.2, 0.25) is 0 Å². The molecular weight excluding hydrogens is 705 g/mol. The first kappa shape index (κ1) is 37.8. The molecule has 4 heteroatoms. The molecule has 0 unspecified atom stereocenters. The number of aryl methyl sites for hydroxylation is 2. The SMILES string of the molecule is Cc1cc(C)cc(-c2ccccc2-c2ccc(-c3ccc(-c4nc(-c5ccc6c(c5)C(C)(C)CC6(C)C)nc(-c5ccc6c(c5)C(C)(C)CC6(C)C)n4)cn3)cc2)c1. The average Bonchev–Trinajstić information content (AvgIpc) is 3.51. The summed E-state index contributed by atoms with van der Waals surface area (Å²) in [5.41, 5.74) is 18.2. The van der Waals surface area contributed by atoms with Crippen LogP contribution in [0.15, 0.2) is 121 Å². The number of benzene rings is 5. The van der Waals surface area contributed by atoms with E-state index in [0.29, 0.717) is 17.5 Å². The van der Waals surface area contributed by atoms with Crippen LogP contribution in [-0.4, -0.2) is 19.9 Å². The molecule has 2 aliphatic carbocycles. The topological polar surface area (TPSA) is 51.6 Å². The van der Waals surface area contributed by atoms with Gasteiger partial charge in [-0.3, -0.25) is 4.98 Å². The second-order valence-corrected chi connectivity index (χ2v) is 19.6. The molecule has 0 atom stereocenters. The van der Waals surface area contributed by atoms with Crippen molar-refractivity contribution in [2.24, 2.45) is 0 Å². The first-order valence-electron chi connectivity index (χ1n) is 20.8. The van der Waals surface area contributed by atoms with Crippen molar-refractivity contribution in [1.29, 1.82) is 0 Å². The molecular formula is C54H54N4. The minimum Gasteiger partial charge on any atom is -0.255 e. The van der Waals surface area contributed by atoms with Gasteiger partial charge in [-0.05, 0) is 117 Å². The third kappa shape index (κ3) is 6.67. The molecule has 0 aliphatic heterocycles. The highest BCUT2D eigenvalue weighted by Crippen LogP contribution is 2.51. The van der Waals surface area contributed by atoms with Crippen molar-refractivity contribution < 1.29 is 0 Å². The number of fused-ring (bicyclic) bond motifs is 2. The van der Waals surface area contributed by atoms with Gasteiger partial charge in [-0.1, -0.05) is 158 Å². The molecule has 0 spiro atoms. The van der Waals surface area contributed by atoms with Gasteiger partial charge < -0.3 is 0 Å². The Morgan fingerprint density at radius 2 is 0.793 bits per heavy atom. The fourth-order valence-electron chi connectivity index (χ4n) is 10.7. The Kier molecular flexibility index (Phi) is 8.74. The van der Waals surface area contributed by atoms with Gasteiger partial charge >= 0.3 is 0 Å². The summed E-state index contributed by atoms with van der Waals surface area (Å²) < 4.78 is 0. The minimum absolute atomic E-state index is 0.0629. The number of rotatable bonds is 6. The molecule has 0 bridgehead atoms. The number of hydrogen-bond acceptors (Lipinski definition) is 4. The predicted octanol–water partition coefficient (Wildman–Crippen LogP) is 13.8. The molecule has 58 heavy (non-hydrogen) atoms. The van der Waals surface area contributed by atoms with Crippen LogP contribution in [0.25, 0.3) is 67.7 Å². The molecule has 7 aromatic rings. The van der Waals surface area contributed by atoms with E-state index in [9.17, 15) is 0 Å². The summed E-state index contributed by atoms with van der Waals surface area (Å²) in [4.78, 5) is 20.5. The highest BCUT2D eigenvalue weighted by Gasteiger charge is 2.43. The third-order valence-corrected chi connectivity index (χ3v) is 12.8. The van der Waals surface area contributed by atoms with Gasteiger partial charge in [0.2, 0.25) is 0 Å². The van der Waals surface area contributed by atoms with Gasteiger partial charge in [0, 0.05) is 28.5 Å². The lowest BCUT2D eigenvalue weighted by atomic mass is 9.82. The largest absolute Gasteiger partial charge is 0.255 e. The van der Waals surface area contributed by atoms with Gasteiger partial charge in [-0.25, -0.2) is 15.0 Å². The Morgan fingerprint density at radius 1 is 0.379 bits per heavy atom. The fourth-order valence-corrected chi connectivity index (χ4v) is 10.7. The highest BCUT2D eigenvalue weighted by molar-refractivity contribution is 5.84. The molecule has 9 rings (SSSR count). The summed E-state index contributed by atoms with van der Waals surface area (Å²) in [5.74, 6) is 1.99. The van der Waals surface area contributed by atoms with E-state index < -0.39 is 0 Å². The monoisotopic (exact) mass is 758 g/mol. The van der Waals surface area contributed by atoms with Gasteiger partial charge in [-0.15, -0.1) is 0 Å². The van der Waals surface area contributed by atoms with Crippen molar-refractivity contribution in [1.82, 2.24) is 19.9 Å². The fraction of sp³-hybridized carbons (Fsp3) is 0.296. The Labute approximate surface area is 344 Å². The molecule has 0 saturated heterocycles. The lowest BCUT2D eigenvalue weighted by molar-refractivity contribution is 0.402. The van der Waals surface area contributed by atoms with Gasteiger partial charge in [0.05, 0.1) is 5.69 Å². The summed E-state index contributed by atoms with van der Waals surface area (Å²) in [7, 11) is 0. The zero-order chi connectivity index (χ0) is 40.8. The van der Waals surface area contributed by atoms with Gasteiger partial charge in [0.15, 0.2) is 17.5 Å². The van der Waals surface area contributed by atoms with E-state index in [2.05, 4.69) is 184 Å². The molecule has 0 amide bonds. The molecule has 2 heterocycles. The highest BCUT2D eigenvalue weighted by atomic mass is 15.0. The van der Waals surface area contributed by atoms with Gasteiger partial charge in [0.25, 0.3) is 0 Å². The quantitative estimate of drug-likeness (QED) is 0.169. The smallest absolute Gasteiger partial charge is 0.165 e. The second-order valence-electron chi connectivity index (χ2n) is 19.6. The molecule has 2 aromatic heterocycles. The molecule has 0 saturated carbocycles. The Morgan fingerprint density at radius 3 is 1.28 bits per heavy atom. The molecule has 0 fully saturated rings. The van der Waals surface area contributed by atoms with E-state index in [-0.39, 0.29) is 21.7 Å². The number of pyridine rings is 1. The van der Waals surface area contributed by atoms with Crippen LogP contribution >= 0.6 is 0 Å². The van der Waals surface area contributed by atoms with Crippen molar-refractivity contribution in [3.8, 4) is 67.7 Å². The van der Waals surface area contributed by atoms with Crippen LogP contribution in [0.4, 0.5) is 0 Å². The maximum atomic E-state index is 5.21. The molecule has 5 aromatic carbocycles. The van der Waals surface area contributed by atoms with Crippen molar-refractivity contribution in [3.05, 3.63) is 155 Å². The van der Waals surface area contributed by atoms with Crippen LogP contribution in [0.1, 0.15) is 102 Å². The molecule has 0 N–H and O–H groups in total. The standard InChI is InChI=1S/C54H54N4/c1-33-25-34(2)27-40(26-33)42-14-12-11-13-41(42)35-15-17-36(18-16-35)47-24-21-39(30-55-47)50-57-48(37-19-22-43-45(28-37)53(7,8)31-51(43,3)4)56-49(58-50)38-20-23-44-46(29-38)54(9,10)32-52(44,5)6/h11-30H,31-32H2,1-10H3. The van der Waals surface area contributed by atoms with Crippen molar-refractivity contribution in [2.75, 3.05) is 0 Å². The number of aromatic nitrogens is 4. The van der Waals surface area contributed by atoms with Crippen LogP contribution in [0.3, 0.4) is 0 Å². The zero-order valence-electron chi connectivity index (χ0n) is 35.8. The predicted molar refractivity (Wildman–Crippen MR) is 241 cm³/mol. The van der Waals surface area contributed by atoms with E-state index >= 15 is 0 Å². The second kappa shape index (κ2) is 13.4. The summed E-state index contributed by atoms with van der Waals surface area (Å²) in [6.45, 7) is 23.2. The minimum atomic E-state index is 0.0629. The Hall–Kier alpha value is -5.74. The maximum absolute atomic E-state index is 5.21. The summed E-state index contributed by atoms with van der Waals surface area (Å²) in [6.07, 6.45) is 4.12. The van der Waals surface area contributed by atoms with E-state index in [0.717, 1.165) is 40.8 Å². The Bertz CT molecular complexity index is 2620. The molecule has 0 radical (unpaired) electrons. The summed E-state index contributed by atoms with van der Waals surface area (Å²) in [5, 5.41) is 0. The van der Waals surface area contributed by atoms with Gasteiger partial charge in [0.1, 0.15) is 0 Å². The lowest BCUT2D eigenvalue weighted by Crippen LogP contribution is -2.18. The molecule has 290 valence electrons. The molecule has 2 aliphatic rings. The van der Waals surface area contributed by atoms with E-state index in [4.69, 9.17) is 19.9 Å². The summed E-state index contributed by atoms with van der Waals surface area (Å²) >= 11 is 0. The van der Waals surface area contributed by atoms with Gasteiger partial charge in [-0.2, -0.15) is 0 Å². The van der Waals surface area contributed by atoms with Crippen LogP contribution in [-0.2, 0) is 21.7 Å². The lowest BCUT2D eigenvalue weighted by Gasteiger charge is -2.22. The number of nitrogens with zero attached hydrogens (tertiary/aromatic N) is 4. The third-order valence-electron chi connectivity index (χ3n) is 12.8.